The first kappa shape index (κ1) is 20.7. The van der Waals surface area contributed by atoms with E-state index in [9.17, 15) is 4.79 Å². The summed E-state index contributed by atoms with van der Waals surface area (Å²) in [5.41, 5.74) is 7.59. The Hall–Kier alpha value is -3.61. The van der Waals surface area contributed by atoms with Gasteiger partial charge in [0.2, 0.25) is 0 Å². The Bertz CT molecular complexity index is 1170. The van der Waals surface area contributed by atoms with Gasteiger partial charge in [-0.25, -0.2) is 5.48 Å². The van der Waals surface area contributed by atoms with Gasteiger partial charge in [-0.3, -0.25) is 10.0 Å². The number of hydroxylamine groups is 1. The molecule has 1 aromatic heterocycles. The number of amides is 1. The van der Waals surface area contributed by atoms with Crippen molar-refractivity contribution in [1.82, 2.24) is 15.8 Å². The molecule has 3 aromatic carbocycles. The van der Waals surface area contributed by atoms with E-state index in [0.29, 0.717) is 12.1 Å². The van der Waals surface area contributed by atoms with Crippen LogP contribution in [0.1, 0.15) is 32.7 Å². The molecule has 0 radical (unpaired) electrons. The lowest BCUT2D eigenvalue weighted by Crippen LogP contribution is -2.18. The maximum Gasteiger partial charge on any atom is 0.274 e. The molecule has 6 nitrogen and oxygen atoms in total. The molecule has 0 aliphatic carbocycles. The second kappa shape index (κ2) is 9.47. The molecule has 0 unspecified atom stereocenters. The molecule has 0 aliphatic rings. The summed E-state index contributed by atoms with van der Waals surface area (Å²) in [5, 5.41) is 13.5. The highest BCUT2D eigenvalue weighted by atomic mass is 16.5. The zero-order chi connectivity index (χ0) is 21.6. The fraction of sp³-hybridized carbons (Fsp3) is 0.160. The Kier molecular flexibility index (Phi) is 6.31. The van der Waals surface area contributed by atoms with Gasteiger partial charge in [-0.05, 0) is 41.0 Å². The highest BCUT2D eigenvalue weighted by Gasteiger charge is 2.14. The number of aromatic nitrogens is 1. The summed E-state index contributed by atoms with van der Waals surface area (Å²) in [6.07, 6.45) is 0.725. The third-order valence-electron chi connectivity index (χ3n) is 5.37. The normalized spacial score (nSPS) is 10.9. The molecule has 158 valence electrons. The summed E-state index contributed by atoms with van der Waals surface area (Å²) in [7, 11) is 1.66. The van der Waals surface area contributed by atoms with Crippen molar-refractivity contribution in [2.75, 3.05) is 7.11 Å². The number of benzene rings is 3. The van der Waals surface area contributed by atoms with E-state index in [1.165, 1.54) is 5.56 Å². The minimum absolute atomic E-state index is 0.399. The van der Waals surface area contributed by atoms with Gasteiger partial charge in [-0.15, -0.1) is 0 Å². The fourth-order valence-electron chi connectivity index (χ4n) is 3.75. The molecule has 0 aliphatic heterocycles. The highest BCUT2D eigenvalue weighted by molar-refractivity contribution is 5.98. The van der Waals surface area contributed by atoms with E-state index in [4.69, 9.17) is 9.94 Å². The minimum atomic E-state index is -0.531. The van der Waals surface area contributed by atoms with Crippen LogP contribution in [0, 0.1) is 0 Å². The third-order valence-corrected chi connectivity index (χ3v) is 5.37. The lowest BCUT2D eigenvalue weighted by Gasteiger charge is -2.09. The molecule has 1 amide bonds. The van der Waals surface area contributed by atoms with Crippen molar-refractivity contribution >= 4 is 16.8 Å². The largest absolute Gasteiger partial charge is 0.497 e. The van der Waals surface area contributed by atoms with E-state index in [-0.39, 0.29) is 0 Å². The number of hydrogen-bond acceptors (Lipinski definition) is 4. The lowest BCUT2D eigenvalue weighted by atomic mass is 10.0. The smallest absolute Gasteiger partial charge is 0.274 e. The molecule has 0 saturated carbocycles. The summed E-state index contributed by atoms with van der Waals surface area (Å²) in [5.74, 6) is 0.293. The van der Waals surface area contributed by atoms with Gasteiger partial charge < -0.3 is 15.0 Å². The van der Waals surface area contributed by atoms with Crippen LogP contribution in [-0.4, -0.2) is 23.2 Å². The molecule has 0 saturated heterocycles. The van der Waals surface area contributed by atoms with Crippen molar-refractivity contribution in [3.05, 3.63) is 101 Å². The van der Waals surface area contributed by atoms with Gasteiger partial charge in [-0.2, -0.15) is 0 Å². The molecule has 4 N–H and O–H groups in total. The first-order valence-corrected chi connectivity index (χ1v) is 10.1. The van der Waals surface area contributed by atoms with E-state index in [2.05, 4.69) is 34.6 Å². The van der Waals surface area contributed by atoms with Crippen molar-refractivity contribution in [1.29, 1.82) is 0 Å². The van der Waals surface area contributed by atoms with Crippen LogP contribution in [0.5, 0.6) is 5.75 Å². The summed E-state index contributed by atoms with van der Waals surface area (Å²) in [6.45, 7) is 1.45. The SMILES string of the molecule is COc1ccc(Cc2[nH]c3cc(C(=O)NO)ccc3c2CNCc2ccccc2)cc1. The molecule has 0 fully saturated rings. The average molecular weight is 415 g/mol. The molecule has 0 spiro atoms. The number of carbonyl (C=O) groups excluding carboxylic acids is 1. The fourth-order valence-corrected chi connectivity index (χ4v) is 3.75. The standard InChI is InChI=1S/C25H25N3O3/c1-31-20-10-7-17(8-11-20)13-23-22(16-26-15-18-5-3-2-4-6-18)21-12-9-19(25(29)28-30)14-24(21)27-23/h2-12,14,26-27,30H,13,15-16H2,1H3,(H,28,29). The van der Waals surface area contributed by atoms with Gasteiger partial charge >= 0.3 is 0 Å². The summed E-state index contributed by atoms with van der Waals surface area (Å²) in [4.78, 5) is 15.3. The van der Waals surface area contributed by atoms with Gasteiger partial charge in [0.25, 0.3) is 5.91 Å². The highest BCUT2D eigenvalue weighted by Crippen LogP contribution is 2.26. The number of rotatable bonds is 8. The second-order valence-electron chi connectivity index (χ2n) is 7.40. The van der Waals surface area contributed by atoms with Crippen LogP contribution < -0.4 is 15.5 Å². The van der Waals surface area contributed by atoms with Crippen LogP contribution in [-0.2, 0) is 19.5 Å². The average Bonchev–Trinajstić information content (AvgIpc) is 3.16. The molecular formula is C25H25N3O3. The number of hydrogen-bond donors (Lipinski definition) is 4. The molecule has 4 rings (SSSR count). The number of H-pyrrole nitrogens is 1. The van der Waals surface area contributed by atoms with Crippen LogP contribution in [0.2, 0.25) is 0 Å². The Morgan fingerprint density at radius 1 is 0.968 bits per heavy atom. The Morgan fingerprint density at radius 3 is 2.45 bits per heavy atom. The maximum absolute atomic E-state index is 11.8. The van der Waals surface area contributed by atoms with Crippen LogP contribution >= 0.6 is 0 Å². The quantitative estimate of drug-likeness (QED) is 0.257. The minimum Gasteiger partial charge on any atom is -0.497 e. The van der Waals surface area contributed by atoms with Crippen LogP contribution in [0.15, 0.2) is 72.8 Å². The predicted molar refractivity (Wildman–Crippen MR) is 120 cm³/mol. The molecule has 0 bridgehead atoms. The molecule has 4 aromatic rings. The number of ether oxygens (including phenoxy) is 1. The number of aromatic amines is 1. The van der Waals surface area contributed by atoms with E-state index >= 15 is 0 Å². The third kappa shape index (κ3) is 4.77. The maximum atomic E-state index is 11.8. The first-order valence-electron chi connectivity index (χ1n) is 10.1. The molecule has 31 heavy (non-hydrogen) atoms. The first-order chi connectivity index (χ1) is 15.2. The number of fused-ring (bicyclic) bond motifs is 1. The van der Waals surface area contributed by atoms with E-state index in [0.717, 1.165) is 46.4 Å². The second-order valence-corrected chi connectivity index (χ2v) is 7.40. The van der Waals surface area contributed by atoms with Gasteiger partial charge in [-0.1, -0.05) is 48.5 Å². The molecule has 6 heteroatoms. The van der Waals surface area contributed by atoms with Crippen LogP contribution in [0.4, 0.5) is 0 Å². The van der Waals surface area contributed by atoms with Crippen molar-refractivity contribution in [3.63, 3.8) is 0 Å². The van der Waals surface area contributed by atoms with Crippen LogP contribution in [0.3, 0.4) is 0 Å². The van der Waals surface area contributed by atoms with Gasteiger partial charge in [0, 0.05) is 41.7 Å². The zero-order valence-corrected chi connectivity index (χ0v) is 17.3. The Labute approximate surface area is 180 Å². The monoisotopic (exact) mass is 415 g/mol. The molecular weight excluding hydrogens is 390 g/mol. The van der Waals surface area contributed by atoms with Crippen molar-refractivity contribution in [2.45, 2.75) is 19.5 Å². The zero-order valence-electron chi connectivity index (χ0n) is 17.3. The van der Waals surface area contributed by atoms with Gasteiger partial charge in [0.15, 0.2) is 0 Å². The molecule has 1 heterocycles. The Balaban J connectivity index is 1.63. The van der Waals surface area contributed by atoms with Crippen molar-refractivity contribution in [2.24, 2.45) is 0 Å². The number of carbonyl (C=O) groups is 1. The van der Waals surface area contributed by atoms with Crippen molar-refractivity contribution in [3.8, 4) is 5.75 Å². The van der Waals surface area contributed by atoms with E-state index in [1.54, 1.807) is 24.7 Å². The predicted octanol–water partition coefficient (Wildman–Crippen LogP) is 4.18. The van der Waals surface area contributed by atoms with Crippen molar-refractivity contribution < 1.29 is 14.7 Å². The molecule has 0 atom stereocenters. The number of nitrogens with one attached hydrogen (secondary N) is 3. The Morgan fingerprint density at radius 2 is 1.74 bits per heavy atom. The summed E-state index contributed by atoms with van der Waals surface area (Å²) >= 11 is 0. The topological polar surface area (TPSA) is 86.4 Å². The summed E-state index contributed by atoms with van der Waals surface area (Å²) in [6, 6.07) is 23.7. The van der Waals surface area contributed by atoms with Gasteiger partial charge in [0.1, 0.15) is 5.75 Å². The van der Waals surface area contributed by atoms with E-state index in [1.807, 2.05) is 36.4 Å². The number of methoxy groups -OCH3 is 1. The van der Waals surface area contributed by atoms with E-state index < -0.39 is 5.91 Å². The van der Waals surface area contributed by atoms with Crippen LogP contribution in [0.25, 0.3) is 10.9 Å². The lowest BCUT2D eigenvalue weighted by molar-refractivity contribution is 0.0706. The van der Waals surface area contributed by atoms with Gasteiger partial charge in [0.05, 0.1) is 7.11 Å². The summed E-state index contributed by atoms with van der Waals surface area (Å²) < 4.78 is 5.26.